The molecule has 2 rings (SSSR count). The van der Waals surface area contributed by atoms with Crippen LogP contribution in [-0.2, 0) is 11.3 Å². The van der Waals surface area contributed by atoms with Gasteiger partial charge in [-0.25, -0.2) is 4.79 Å². The van der Waals surface area contributed by atoms with Gasteiger partial charge in [0.25, 0.3) is 0 Å². The van der Waals surface area contributed by atoms with Crippen LogP contribution in [0.4, 0.5) is 0 Å². The summed E-state index contributed by atoms with van der Waals surface area (Å²) in [7, 11) is 0. The highest BCUT2D eigenvalue weighted by molar-refractivity contribution is 5.97. The molecule has 13 heavy (non-hydrogen) atoms. The molecule has 0 saturated heterocycles. The molecule has 68 valence electrons. The lowest BCUT2D eigenvalue weighted by Crippen LogP contribution is -1.94. The summed E-state index contributed by atoms with van der Waals surface area (Å²) in [4.78, 5) is 11.1. The monoisotopic (exact) mass is 180 g/mol. The normalized spacial score (nSPS) is 14.1. The van der Waals surface area contributed by atoms with Crippen LogP contribution in [0.1, 0.15) is 21.5 Å². The van der Waals surface area contributed by atoms with Gasteiger partial charge in [-0.1, -0.05) is 0 Å². The molecule has 0 radical (unpaired) electrons. The van der Waals surface area contributed by atoms with Crippen molar-refractivity contribution in [1.82, 2.24) is 0 Å². The van der Waals surface area contributed by atoms with Crippen molar-refractivity contribution in [2.24, 2.45) is 0 Å². The molecule has 0 fully saturated rings. The van der Waals surface area contributed by atoms with E-state index in [-0.39, 0.29) is 23.7 Å². The highest BCUT2D eigenvalue weighted by Crippen LogP contribution is 2.37. The summed E-state index contributed by atoms with van der Waals surface area (Å²) >= 11 is 0. The number of carbonyl (C=O) groups excluding carboxylic acids is 1. The Kier molecular flexibility index (Phi) is 1.45. The minimum Gasteiger partial charge on any atom is -0.507 e. The lowest BCUT2D eigenvalue weighted by atomic mass is 10.0. The topological polar surface area (TPSA) is 66.8 Å². The first-order valence-corrected chi connectivity index (χ1v) is 3.83. The van der Waals surface area contributed by atoms with Gasteiger partial charge in [-0.05, 0) is 18.6 Å². The first kappa shape index (κ1) is 7.91. The third kappa shape index (κ3) is 0.950. The molecule has 0 unspecified atom stereocenters. The van der Waals surface area contributed by atoms with E-state index in [0.717, 1.165) is 0 Å². The van der Waals surface area contributed by atoms with Crippen molar-refractivity contribution in [3.8, 4) is 11.5 Å². The van der Waals surface area contributed by atoms with E-state index >= 15 is 0 Å². The van der Waals surface area contributed by atoms with E-state index in [1.54, 1.807) is 6.92 Å². The number of cyclic esters (lactones) is 1. The minimum atomic E-state index is -0.581. The van der Waals surface area contributed by atoms with Crippen LogP contribution in [0, 0.1) is 6.92 Å². The second-order valence-electron chi connectivity index (χ2n) is 2.99. The van der Waals surface area contributed by atoms with E-state index in [2.05, 4.69) is 4.74 Å². The van der Waals surface area contributed by atoms with Crippen molar-refractivity contribution < 1.29 is 19.7 Å². The van der Waals surface area contributed by atoms with Crippen molar-refractivity contribution in [1.29, 1.82) is 0 Å². The average Bonchev–Trinajstić information content (AvgIpc) is 2.44. The molecule has 0 aliphatic carbocycles. The molecule has 0 aromatic heterocycles. The van der Waals surface area contributed by atoms with E-state index in [9.17, 15) is 15.0 Å². The van der Waals surface area contributed by atoms with Crippen LogP contribution < -0.4 is 0 Å². The minimum absolute atomic E-state index is 0.0265. The standard InChI is InChI=1S/C9H8O4/c1-4-2-6(10)7-5(8(4)11)3-13-9(7)12/h2,10-11H,3H2,1H3. The molecule has 4 heteroatoms. The van der Waals surface area contributed by atoms with Crippen molar-refractivity contribution in [3.63, 3.8) is 0 Å². The summed E-state index contributed by atoms with van der Waals surface area (Å²) in [6, 6.07) is 1.35. The number of hydrogen-bond donors (Lipinski definition) is 2. The Balaban J connectivity index is 2.76. The van der Waals surface area contributed by atoms with Gasteiger partial charge in [0.2, 0.25) is 0 Å². The molecule has 1 aliphatic rings. The highest BCUT2D eigenvalue weighted by atomic mass is 16.5. The third-order valence-corrected chi connectivity index (χ3v) is 2.12. The molecule has 1 heterocycles. The van der Waals surface area contributed by atoms with Gasteiger partial charge in [0.05, 0.1) is 0 Å². The van der Waals surface area contributed by atoms with E-state index < -0.39 is 5.97 Å². The zero-order chi connectivity index (χ0) is 9.59. The summed E-state index contributed by atoms with van der Waals surface area (Å²) in [5.41, 5.74) is 1.00. The van der Waals surface area contributed by atoms with Gasteiger partial charge in [-0.3, -0.25) is 0 Å². The number of aryl methyl sites for hydroxylation is 1. The van der Waals surface area contributed by atoms with Gasteiger partial charge in [0.1, 0.15) is 23.7 Å². The number of esters is 1. The lowest BCUT2D eigenvalue weighted by molar-refractivity contribution is 0.0532. The molecule has 0 saturated carbocycles. The summed E-state index contributed by atoms with van der Waals surface area (Å²) in [6.45, 7) is 1.69. The van der Waals surface area contributed by atoms with E-state index in [4.69, 9.17) is 0 Å². The number of benzene rings is 1. The van der Waals surface area contributed by atoms with Crippen LogP contribution in [-0.4, -0.2) is 16.2 Å². The van der Waals surface area contributed by atoms with Crippen molar-refractivity contribution in [2.75, 3.05) is 0 Å². The molecular formula is C9H8O4. The fraction of sp³-hybridized carbons (Fsp3) is 0.222. The number of ether oxygens (including phenoxy) is 1. The Morgan fingerprint density at radius 2 is 2.15 bits per heavy atom. The fourth-order valence-electron chi connectivity index (χ4n) is 1.43. The maximum atomic E-state index is 11.1. The quantitative estimate of drug-likeness (QED) is 0.463. The first-order valence-electron chi connectivity index (χ1n) is 3.83. The van der Waals surface area contributed by atoms with Crippen LogP contribution in [0.5, 0.6) is 11.5 Å². The van der Waals surface area contributed by atoms with Gasteiger partial charge in [0, 0.05) is 5.56 Å². The maximum Gasteiger partial charge on any atom is 0.342 e. The Labute approximate surface area is 74.4 Å². The molecule has 1 aliphatic heterocycles. The molecule has 0 amide bonds. The van der Waals surface area contributed by atoms with Crippen LogP contribution in [0.3, 0.4) is 0 Å². The number of rotatable bonds is 0. The number of phenols is 2. The molecule has 1 aromatic rings. The first-order chi connectivity index (χ1) is 6.11. The van der Waals surface area contributed by atoms with Gasteiger partial charge >= 0.3 is 5.97 Å². The van der Waals surface area contributed by atoms with E-state index in [0.29, 0.717) is 11.1 Å². The third-order valence-electron chi connectivity index (χ3n) is 2.12. The van der Waals surface area contributed by atoms with Crippen molar-refractivity contribution in [2.45, 2.75) is 13.5 Å². The Bertz CT molecular complexity index is 395. The van der Waals surface area contributed by atoms with Gasteiger partial charge in [-0.15, -0.1) is 0 Å². The van der Waals surface area contributed by atoms with Crippen molar-refractivity contribution in [3.05, 3.63) is 22.8 Å². The van der Waals surface area contributed by atoms with Gasteiger partial charge < -0.3 is 14.9 Å². The predicted molar refractivity (Wildman–Crippen MR) is 43.6 cm³/mol. The number of fused-ring (bicyclic) bond motifs is 1. The van der Waals surface area contributed by atoms with Crippen LogP contribution >= 0.6 is 0 Å². The number of phenolic OH excluding ortho intramolecular Hbond substituents is 2. The maximum absolute atomic E-state index is 11.1. The molecule has 1 aromatic carbocycles. The Morgan fingerprint density at radius 1 is 1.46 bits per heavy atom. The number of hydrogen-bond acceptors (Lipinski definition) is 4. The van der Waals surface area contributed by atoms with Crippen LogP contribution in [0.25, 0.3) is 0 Å². The summed E-state index contributed by atoms with van der Waals surface area (Å²) in [5, 5.41) is 18.9. The largest absolute Gasteiger partial charge is 0.507 e. The Hall–Kier alpha value is -1.71. The fourth-order valence-corrected chi connectivity index (χ4v) is 1.43. The summed E-state index contributed by atoms with van der Waals surface area (Å²) in [6.07, 6.45) is 0. The molecule has 4 nitrogen and oxygen atoms in total. The van der Waals surface area contributed by atoms with Crippen LogP contribution in [0.15, 0.2) is 6.07 Å². The Morgan fingerprint density at radius 3 is 2.85 bits per heavy atom. The number of carbonyl (C=O) groups is 1. The predicted octanol–water partition coefficient (Wildman–Crippen LogP) is 1.08. The second kappa shape index (κ2) is 2.39. The zero-order valence-electron chi connectivity index (χ0n) is 7.00. The summed E-state index contributed by atoms with van der Waals surface area (Å²) in [5.74, 6) is -0.686. The number of aromatic hydroxyl groups is 2. The SMILES string of the molecule is Cc1cc(O)c2c(c1O)COC2=O. The average molecular weight is 180 g/mol. The van der Waals surface area contributed by atoms with Crippen LogP contribution in [0.2, 0.25) is 0 Å². The van der Waals surface area contributed by atoms with Gasteiger partial charge in [-0.2, -0.15) is 0 Å². The lowest BCUT2D eigenvalue weighted by Gasteiger charge is -2.04. The van der Waals surface area contributed by atoms with E-state index in [1.807, 2.05) is 0 Å². The molecule has 0 bridgehead atoms. The molecule has 0 spiro atoms. The molecule has 2 N–H and O–H groups in total. The van der Waals surface area contributed by atoms with Crippen molar-refractivity contribution >= 4 is 5.97 Å². The zero-order valence-corrected chi connectivity index (χ0v) is 7.00. The summed E-state index contributed by atoms with van der Waals surface area (Å²) < 4.78 is 4.68. The molecule has 0 atom stereocenters. The smallest absolute Gasteiger partial charge is 0.342 e. The molecular weight excluding hydrogens is 172 g/mol. The second-order valence-corrected chi connectivity index (χ2v) is 2.99. The van der Waals surface area contributed by atoms with Gasteiger partial charge in [0.15, 0.2) is 0 Å². The van der Waals surface area contributed by atoms with E-state index in [1.165, 1.54) is 6.07 Å². The highest BCUT2D eigenvalue weighted by Gasteiger charge is 2.28.